The van der Waals surface area contributed by atoms with Crippen molar-refractivity contribution in [3.05, 3.63) is 85.6 Å². The zero-order chi connectivity index (χ0) is 18.9. The molecule has 0 saturated carbocycles. The van der Waals surface area contributed by atoms with Gasteiger partial charge in [-0.15, -0.1) is 0 Å². The summed E-state index contributed by atoms with van der Waals surface area (Å²) < 4.78 is 1.98. The highest BCUT2D eigenvalue weighted by Gasteiger charge is 2.13. The number of pyridine rings is 1. The van der Waals surface area contributed by atoms with E-state index in [1.54, 1.807) is 24.4 Å². The van der Waals surface area contributed by atoms with Crippen LogP contribution in [0.5, 0.6) is 0 Å². The van der Waals surface area contributed by atoms with Crippen LogP contribution in [0.4, 0.5) is 0 Å². The van der Waals surface area contributed by atoms with E-state index in [1.165, 1.54) is 0 Å². The summed E-state index contributed by atoms with van der Waals surface area (Å²) in [5.41, 5.74) is 3.38. The molecule has 0 fully saturated rings. The first-order valence-electron chi connectivity index (χ1n) is 8.46. The van der Waals surface area contributed by atoms with Gasteiger partial charge < -0.3 is 9.67 Å². The molecule has 2 aromatic heterocycles. The molecule has 1 aromatic carbocycles. The van der Waals surface area contributed by atoms with Crippen molar-refractivity contribution in [2.75, 3.05) is 0 Å². The van der Waals surface area contributed by atoms with Crippen LogP contribution < -0.4 is 0 Å². The molecule has 4 heteroatoms. The predicted octanol–water partition coefficient (Wildman–Crippen LogP) is 5.40. The van der Waals surface area contributed by atoms with E-state index >= 15 is 0 Å². The highest BCUT2D eigenvalue weighted by atomic mass is 16.4. The number of carbonyl (C=O) groups is 1. The molecule has 1 N–H and O–H groups in total. The monoisotopic (exact) mass is 346 g/mol. The van der Waals surface area contributed by atoms with E-state index in [9.17, 15) is 4.79 Å². The summed E-state index contributed by atoms with van der Waals surface area (Å²) in [6.45, 7) is 7.73. The SMILES string of the molecule is C=C/C=C(\C=C\C(=O)O)n1c(-c2ccccn2)cc2ccccc21.CC. The van der Waals surface area contributed by atoms with Crippen LogP contribution in [0.1, 0.15) is 13.8 Å². The summed E-state index contributed by atoms with van der Waals surface area (Å²) >= 11 is 0. The molecule has 0 aliphatic rings. The van der Waals surface area contributed by atoms with Crippen molar-refractivity contribution in [2.24, 2.45) is 0 Å². The third kappa shape index (κ3) is 4.16. The summed E-state index contributed by atoms with van der Waals surface area (Å²) in [7, 11) is 0. The van der Waals surface area contributed by atoms with E-state index in [-0.39, 0.29) is 0 Å². The Balaban J connectivity index is 0.00000117. The number of hydrogen-bond donors (Lipinski definition) is 1. The van der Waals surface area contributed by atoms with Crippen LogP contribution in [0.25, 0.3) is 28.0 Å². The van der Waals surface area contributed by atoms with Gasteiger partial charge in [0, 0.05) is 23.4 Å². The molecule has 0 radical (unpaired) electrons. The van der Waals surface area contributed by atoms with E-state index in [0.717, 1.165) is 28.4 Å². The topological polar surface area (TPSA) is 55.1 Å². The summed E-state index contributed by atoms with van der Waals surface area (Å²) in [6, 6.07) is 15.7. The average molecular weight is 346 g/mol. The van der Waals surface area contributed by atoms with Crippen LogP contribution in [0.15, 0.2) is 85.6 Å². The fraction of sp³-hybridized carbons (Fsp3) is 0.0909. The number of aliphatic carboxylic acids is 1. The number of hydrogen-bond acceptors (Lipinski definition) is 2. The number of rotatable bonds is 5. The molecule has 0 atom stereocenters. The van der Waals surface area contributed by atoms with Crippen LogP contribution in [0, 0.1) is 0 Å². The van der Waals surface area contributed by atoms with Gasteiger partial charge in [-0.3, -0.25) is 4.98 Å². The fourth-order valence-electron chi connectivity index (χ4n) is 2.62. The molecule has 4 nitrogen and oxygen atoms in total. The molecule has 26 heavy (non-hydrogen) atoms. The Bertz CT molecular complexity index is 951. The third-order valence-electron chi connectivity index (χ3n) is 3.58. The Hall–Kier alpha value is -3.40. The van der Waals surface area contributed by atoms with E-state index in [1.807, 2.05) is 66.9 Å². The number of fused-ring (bicyclic) bond motifs is 1. The van der Waals surface area contributed by atoms with Crippen molar-refractivity contribution >= 4 is 22.6 Å². The van der Waals surface area contributed by atoms with Crippen LogP contribution in [0.2, 0.25) is 0 Å². The lowest BCUT2D eigenvalue weighted by molar-refractivity contribution is -0.131. The zero-order valence-electron chi connectivity index (χ0n) is 15.0. The van der Waals surface area contributed by atoms with Gasteiger partial charge in [0.1, 0.15) is 0 Å². The highest BCUT2D eigenvalue weighted by molar-refractivity contribution is 5.92. The van der Waals surface area contributed by atoms with Crippen LogP contribution >= 0.6 is 0 Å². The Morgan fingerprint density at radius 2 is 1.85 bits per heavy atom. The molecule has 0 spiro atoms. The molecule has 3 rings (SSSR count). The van der Waals surface area contributed by atoms with Crippen molar-refractivity contribution in [3.63, 3.8) is 0 Å². The molecule has 0 unspecified atom stereocenters. The first kappa shape index (κ1) is 18.9. The zero-order valence-corrected chi connectivity index (χ0v) is 15.0. The Morgan fingerprint density at radius 3 is 2.50 bits per heavy atom. The van der Waals surface area contributed by atoms with Gasteiger partial charge in [0.15, 0.2) is 0 Å². The molecular formula is C22H22N2O2. The Labute approximate surface area is 153 Å². The summed E-state index contributed by atoms with van der Waals surface area (Å²) in [5.74, 6) is -0.999. The Kier molecular flexibility index (Phi) is 6.68. The maximum atomic E-state index is 10.9. The Morgan fingerprint density at radius 1 is 1.12 bits per heavy atom. The maximum Gasteiger partial charge on any atom is 0.328 e. The summed E-state index contributed by atoms with van der Waals surface area (Å²) in [5, 5.41) is 10.0. The van der Waals surface area contributed by atoms with Crippen molar-refractivity contribution in [1.29, 1.82) is 0 Å². The molecule has 0 saturated heterocycles. The summed E-state index contributed by atoms with van der Waals surface area (Å²) in [6.07, 6.45) is 7.83. The van der Waals surface area contributed by atoms with Gasteiger partial charge in [0.2, 0.25) is 0 Å². The molecule has 0 amide bonds. The van der Waals surface area contributed by atoms with Gasteiger partial charge in [-0.05, 0) is 36.4 Å². The number of carboxylic acids is 1. The maximum absolute atomic E-state index is 10.9. The third-order valence-corrected chi connectivity index (χ3v) is 3.58. The predicted molar refractivity (Wildman–Crippen MR) is 108 cm³/mol. The lowest BCUT2D eigenvalue weighted by Gasteiger charge is -2.11. The van der Waals surface area contributed by atoms with Crippen LogP contribution in [0.3, 0.4) is 0 Å². The van der Waals surface area contributed by atoms with Gasteiger partial charge in [-0.1, -0.05) is 50.8 Å². The number of allylic oxidation sites excluding steroid dienone is 4. The molecule has 2 heterocycles. The quantitative estimate of drug-likeness (QED) is 0.497. The second kappa shape index (κ2) is 9.18. The van der Waals surface area contributed by atoms with Crippen molar-refractivity contribution in [1.82, 2.24) is 9.55 Å². The number of aromatic nitrogens is 2. The minimum absolute atomic E-state index is 0.703. The standard InChI is InChI=1S/C20H16N2O2.C2H6/c1-2-7-16(11-12-20(23)24)22-18-10-4-3-8-15(18)14-19(22)17-9-5-6-13-21-17;1-2/h2-14H,1H2,(H,23,24);1-2H3/b12-11+,16-7+;. The van der Waals surface area contributed by atoms with Crippen molar-refractivity contribution < 1.29 is 9.90 Å². The largest absolute Gasteiger partial charge is 0.478 e. The van der Waals surface area contributed by atoms with Crippen molar-refractivity contribution in [3.8, 4) is 11.4 Å². The molecule has 132 valence electrons. The van der Waals surface area contributed by atoms with E-state index < -0.39 is 5.97 Å². The second-order valence-corrected chi connectivity index (χ2v) is 5.14. The van der Waals surface area contributed by atoms with Gasteiger partial charge in [-0.2, -0.15) is 0 Å². The number of benzene rings is 1. The molecule has 0 bridgehead atoms. The number of para-hydroxylation sites is 1. The average Bonchev–Trinajstić information content (AvgIpc) is 3.07. The van der Waals surface area contributed by atoms with Crippen LogP contribution in [-0.2, 0) is 4.79 Å². The fourth-order valence-corrected chi connectivity index (χ4v) is 2.62. The van der Waals surface area contributed by atoms with Crippen LogP contribution in [-0.4, -0.2) is 20.6 Å². The summed E-state index contributed by atoms with van der Waals surface area (Å²) in [4.78, 5) is 15.4. The van der Waals surface area contributed by atoms with Crippen molar-refractivity contribution in [2.45, 2.75) is 13.8 Å². The highest BCUT2D eigenvalue weighted by Crippen LogP contribution is 2.30. The van der Waals surface area contributed by atoms with E-state index in [0.29, 0.717) is 5.70 Å². The first-order valence-corrected chi connectivity index (χ1v) is 8.46. The first-order chi connectivity index (χ1) is 12.7. The number of nitrogens with zero attached hydrogens (tertiary/aromatic N) is 2. The molecular weight excluding hydrogens is 324 g/mol. The second-order valence-electron chi connectivity index (χ2n) is 5.14. The smallest absolute Gasteiger partial charge is 0.328 e. The van der Waals surface area contributed by atoms with E-state index in [4.69, 9.17) is 5.11 Å². The molecule has 3 aromatic rings. The lowest BCUT2D eigenvalue weighted by Crippen LogP contribution is -1.99. The normalized spacial score (nSPS) is 11.2. The van der Waals surface area contributed by atoms with Gasteiger partial charge >= 0.3 is 5.97 Å². The van der Waals surface area contributed by atoms with Gasteiger partial charge in [-0.25, -0.2) is 4.79 Å². The van der Waals surface area contributed by atoms with E-state index in [2.05, 4.69) is 11.6 Å². The minimum Gasteiger partial charge on any atom is -0.478 e. The minimum atomic E-state index is -0.999. The molecule has 0 aliphatic carbocycles. The van der Waals surface area contributed by atoms with Gasteiger partial charge in [0.25, 0.3) is 0 Å². The molecule has 0 aliphatic heterocycles. The number of carboxylic acid groups (broad SMARTS) is 1. The van der Waals surface area contributed by atoms with Gasteiger partial charge in [0.05, 0.1) is 16.9 Å². The lowest BCUT2D eigenvalue weighted by atomic mass is 10.2.